The average molecular weight is 339 g/mol. The Labute approximate surface area is 136 Å². The normalized spacial score (nSPS) is 12.8. The Balaban J connectivity index is 2.45. The van der Waals surface area contributed by atoms with Crippen LogP contribution in [0.3, 0.4) is 0 Å². The molecule has 0 N–H and O–H groups in total. The Morgan fingerprint density at radius 1 is 1.27 bits per heavy atom. The van der Waals surface area contributed by atoms with E-state index < -0.39 is 5.82 Å². The van der Waals surface area contributed by atoms with Crippen LogP contribution in [0.4, 0.5) is 4.39 Å². The zero-order valence-corrected chi connectivity index (χ0v) is 13.5. The lowest BCUT2D eigenvalue weighted by molar-refractivity contribution is 0.628. The highest BCUT2D eigenvalue weighted by Crippen LogP contribution is 2.40. The first-order valence-electron chi connectivity index (χ1n) is 6.88. The molecule has 0 saturated carbocycles. The highest BCUT2D eigenvalue weighted by Gasteiger charge is 2.24. The molecule has 0 spiro atoms. The summed E-state index contributed by atoms with van der Waals surface area (Å²) >= 11 is 12.5. The number of rotatable bonds is 3. The minimum absolute atomic E-state index is 0.0790. The average Bonchev–Trinajstić information content (AvgIpc) is 2.94. The molecule has 22 heavy (non-hydrogen) atoms. The Morgan fingerprint density at radius 2 is 2.05 bits per heavy atom. The SMILES string of the molecule is CCC(C)c1c(-c2c(F)cccc2Cl)c(Cl)nc2ncnn12. The first-order valence-corrected chi connectivity index (χ1v) is 7.63. The first kappa shape index (κ1) is 15.2. The maximum atomic E-state index is 14.4. The molecule has 1 atom stereocenters. The van der Waals surface area contributed by atoms with E-state index >= 15 is 0 Å². The van der Waals surface area contributed by atoms with Crippen LogP contribution in [0.5, 0.6) is 0 Å². The molecule has 2 heterocycles. The molecule has 0 amide bonds. The molecule has 2 aromatic heterocycles. The summed E-state index contributed by atoms with van der Waals surface area (Å²) in [5.41, 5.74) is 1.47. The summed E-state index contributed by atoms with van der Waals surface area (Å²) in [6.45, 7) is 4.06. The summed E-state index contributed by atoms with van der Waals surface area (Å²) in [5.74, 6) is 0.0205. The maximum absolute atomic E-state index is 14.4. The fraction of sp³-hybridized carbons (Fsp3) is 0.267. The van der Waals surface area contributed by atoms with E-state index in [0.29, 0.717) is 11.3 Å². The molecule has 3 aromatic rings. The van der Waals surface area contributed by atoms with E-state index in [4.69, 9.17) is 23.2 Å². The lowest BCUT2D eigenvalue weighted by Crippen LogP contribution is -2.09. The topological polar surface area (TPSA) is 43.1 Å². The van der Waals surface area contributed by atoms with Gasteiger partial charge in [0.15, 0.2) is 0 Å². The largest absolute Gasteiger partial charge is 0.253 e. The fourth-order valence-corrected chi connectivity index (χ4v) is 2.98. The van der Waals surface area contributed by atoms with Crippen LogP contribution in [-0.2, 0) is 0 Å². The van der Waals surface area contributed by atoms with Gasteiger partial charge in [0.05, 0.1) is 10.7 Å². The van der Waals surface area contributed by atoms with Gasteiger partial charge in [0.1, 0.15) is 17.3 Å². The molecule has 4 nitrogen and oxygen atoms in total. The minimum atomic E-state index is -0.444. The van der Waals surface area contributed by atoms with Gasteiger partial charge < -0.3 is 0 Å². The van der Waals surface area contributed by atoms with E-state index in [2.05, 4.69) is 15.1 Å². The van der Waals surface area contributed by atoms with E-state index in [0.717, 1.165) is 12.1 Å². The van der Waals surface area contributed by atoms with Gasteiger partial charge in [0.25, 0.3) is 5.78 Å². The second-order valence-electron chi connectivity index (χ2n) is 5.04. The van der Waals surface area contributed by atoms with Crippen LogP contribution in [0.2, 0.25) is 10.2 Å². The number of hydrogen-bond donors (Lipinski definition) is 0. The van der Waals surface area contributed by atoms with Crippen molar-refractivity contribution in [3.8, 4) is 11.1 Å². The van der Waals surface area contributed by atoms with Crippen LogP contribution in [0.25, 0.3) is 16.9 Å². The third kappa shape index (κ3) is 2.34. The minimum Gasteiger partial charge on any atom is -0.206 e. The number of halogens is 3. The summed E-state index contributed by atoms with van der Waals surface area (Å²) in [5, 5.41) is 4.65. The van der Waals surface area contributed by atoms with Crippen molar-refractivity contribution in [2.24, 2.45) is 0 Å². The summed E-state index contributed by atoms with van der Waals surface area (Å²) < 4.78 is 16.0. The van der Waals surface area contributed by atoms with E-state index in [-0.39, 0.29) is 21.7 Å². The number of nitrogens with zero attached hydrogens (tertiary/aromatic N) is 4. The second kappa shape index (κ2) is 5.82. The fourth-order valence-electron chi connectivity index (χ4n) is 2.45. The van der Waals surface area contributed by atoms with Crippen LogP contribution in [0, 0.1) is 5.82 Å². The zero-order chi connectivity index (χ0) is 15.9. The standard InChI is InChI=1S/C15H13Cl2FN4/c1-3-8(2)13-12(11-9(16)5-4-6-10(11)18)14(17)21-15-19-7-20-22(13)15/h4-8H,3H2,1-2H3. The van der Waals surface area contributed by atoms with E-state index in [1.54, 1.807) is 16.6 Å². The highest BCUT2D eigenvalue weighted by atomic mass is 35.5. The number of hydrogen-bond acceptors (Lipinski definition) is 3. The third-order valence-electron chi connectivity index (χ3n) is 3.71. The van der Waals surface area contributed by atoms with Crippen LogP contribution in [0.15, 0.2) is 24.5 Å². The van der Waals surface area contributed by atoms with Gasteiger partial charge in [0, 0.05) is 11.1 Å². The van der Waals surface area contributed by atoms with Crippen molar-refractivity contribution < 1.29 is 4.39 Å². The first-order chi connectivity index (χ1) is 10.5. The summed E-state index contributed by atoms with van der Waals surface area (Å²) in [6.07, 6.45) is 2.23. The molecule has 0 saturated heterocycles. The van der Waals surface area contributed by atoms with Crippen LogP contribution >= 0.6 is 23.2 Å². The number of aromatic nitrogens is 4. The van der Waals surface area contributed by atoms with Crippen molar-refractivity contribution in [1.82, 2.24) is 19.6 Å². The Bertz CT molecular complexity index is 827. The lowest BCUT2D eigenvalue weighted by atomic mass is 9.95. The smallest absolute Gasteiger partial charge is 0.206 e. The molecule has 1 aromatic carbocycles. The molecule has 1 unspecified atom stereocenters. The lowest BCUT2D eigenvalue weighted by Gasteiger charge is -2.18. The Kier molecular flexibility index (Phi) is 4.02. The Morgan fingerprint density at radius 3 is 2.73 bits per heavy atom. The van der Waals surface area contributed by atoms with Gasteiger partial charge in [0.2, 0.25) is 0 Å². The predicted octanol–water partition coefficient (Wildman–Crippen LogP) is 4.75. The van der Waals surface area contributed by atoms with Gasteiger partial charge in [-0.2, -0.15) is 15.1 Å². The molecule has 0 fully saturated rings. The summed E-state index contributed by atoms with van der Waals surface area (Å²) in [7, 11) is 0. The van der Waals surface area contributed by atoms with E-state index in [1.165, 1.54) is 12.4 Å². The molecule has 0 aliphatic carbocycles. The van der Waals surface area contributed by atoms with Gasteiger partial charge >= 0.3 is 0 Å². The van der Waals surface area contributed by atoms with Crippen LogP contribution in [0.1, 0.15) is 31.9 Å². The molecule has 0 aliphatic heterocycles. The van der Waals surface area contributed by atoms with Gasteiger partial charge in [-0.25, -0.2) is 8.91 Å². The molecule has 0 bridgehead atoms. The van der Waals surface area contributed by atoms with Crippen LogP contribution < -0.4 is 0 Å². The zero-order valence-electron chi connectivity index (χ0n) is 12.0. The quantitative estimate of drug-likeness (QED) is 0.647. The maximum Gasteiger partial charge on any atom is 0.253 e. The third-order valence-corrected chi connectivity index (χ3v) is 4.30. The molecule has 0 aliphatic rings. The van der Waals surface area contributed by atoms with Crippen molar-refractivity contribution in [2.45, 2.75) is 26.2 Å². The monoisotopic (exact) mass is 338 g/mol. The van der Waals surface area contributed by atoms with E-state index in [1.807, 2.05) is 13.8 Å². The van der Waals surface area contributed by atoms with Crippen molar-refractivity contribution in [2.75, 3.05) is 0 Å². The van der Waals surface area contributed by atoms with Crippen molar-refractivity contribution in [3.63, 3.8) is 0 Å². The predicted molar refractivity (Wildman–Crippen MR) is 84.9 cm³/mol. The van der Waals surface area contributed by atoms with Crippen molar-refractivity contribution in [3.05, 3.63) is 46.2 Å². The van der Waals surface area contributed by atoms with Gasteiger partial charge in [-0.3, -0.25) is 0 Å². The van der Waals surface area contributed by atoms with Gasteiger partial charge in [-0.05, 0) is 24.5 Å². The molecular formula is C15H13Cl2FN4. The molecule has 0 radical (unpaired) electrons. The second-order valence-corrected chi connectivity index (χ2v) is 5.81. The van der Waals surface area contributed by atoms with Crippen LogP contribution in [-0.4, -0.2) is 19.6 Å². The van der Waals surface area contributed by atoms with Crippen molar-refractivity contribution in [1.29, 1.82) is 0 Å². The van der Waals surface area contributed by atoms with Gasteiger partial charge in [-0.1, -0.05) is 43.1 Å². The van der Waals surface area contributed by atoms with Crippen molar-refractivity contribution >= 4 is 29.0 Å². The molecule has 7 heteroatoms. The summed E-state index contributed by atoms with van der Waals surface area (Å²) in [6, 6.07) is 4.53. The molecule has 114 valence electrons. The summed E-state index contributed by atoms with van der Waals surface area (Å²) in [4.78, 5) is 8.27. The number of benzene rings is 1. The van der Waals surface area contributed by atoms with E-state index in [9.17, 15) is 4.39 Å². The molecular weight excluding hydrogens is 326 g/mol. The molecule has 3 rings (SSSR count). The highest BCUT2D eigenvalue weighted by molar-refractivity contribution is 6.36. The number of fused-ring (bicyclic) bond motifs is 1. The van der Waals surface area contributed by atoms with Gasteiger partial charge in [-0.15, -0.1) is 0 Å². The Hall–Kier alpha value is -1.72.